The molecule has 1 aliphatic carbocycles. The van der Waals surface area contributed by atoms with E-state index in [0.717, 1.165) is 29.5 Å². The van der Waals surface area contributed by atoms with E-state index in [-0.39, 0.29) is 5.91 Å². The lowest BCUT2D eigenvalue weighted by Crippen LogP contribution is -2.09. The number of anilines is 1. The lowest BCUT2D eigenvalue weighted by atomic mass is 9.93. The predicted octanol–water partition coefficient (Wildman–Crippen LogP) is 3.92. The molecule has 0 unspecified atom stereocenters. The van der Waals surface area contributed by atoms with E-state index in [9.17, 15) is 4.79 Å². The van der Waals surface area contributed by atoms with Gasteiger partial charge in [-0.2, -0.15) is 0 Å². The second-order valence-electron chi connectivity index (χ2n) is 5.47. The van der Waals surface area contributed by atoms with E-state index in [0.29, 0.717) is 0 Å². The number of nitrogens with one attached hydrogen (secondary N) is 1. The Bertz CT molecular complexity index is 661. The van der Waals surface area contributed by atoms with Crippen LogP contribution in [0.3, 0.4) is 0 Å². The number of rotatable bonds is 3. The number of aromatic nitrogens is 1. The van der Waals surface area contributed by atoms with Crippen LogP contribution in [0, 0.1) is 5.92 Å². The highest BCUT2D eigenvalue weighted by Gasteiger charge is 2.20. The molecule has 0 bridgehead atoms. The summed E-state index contributed by atoms with van der Waals surface area (Å²) in [7, 11) is 0. The van der Waals surface area contributed by atoms with Gasteiger partial charge in [0.2, 0.25) is 5.91 Å². The van der Waals surface area contributed by atoms with Gasteiger partial charge in [-0.3, -0.25) is 10.1 Å². The fourth-order valence-corrected chi connectivity index (χ4v) is 3.65. The van der Waals surface area contributed by atoms with Crippen molar-refractivity contribution in [1.29, 1.82) is 0 Å². The second-order valence-corrected chi connectivity index (χ2v) is 6.55. The van der Waals surface area contributed by atoms with Crippen LogP contribution in [0.25, 0.3) is 6.08 Å². The summed E-state index contributed by atoms with van der Waals surface area (Å²) in [6.07, 6.45) is 6.67. The van der Waals surface area contributed by atoms with Gasteiger partial charge in [-0.15, -0.1) is 11.3 Å². The van der Waals surface area contributed by atoms with Crippen molar-refractivity contribution >= 4 is 28.5 Å². The fraction of sp³-hybridized carbons (Fsp3) is 0.294. The lowest BCUT2D eigenvalue weighted by molar-refractivity contribution is -0.111. The first kappa shape index (κ1) is 14.0. The van der Waals surface area contributed by atoms with Crippen LogP contribution in [-0.4, -0.2) is 10.9 Å². The fourth-order valence-electron chi connectivity index (χ4n) is 2.48. The molecule has 2 aromatic rings. The number of thiazole rings is 1. The zero-order valence-electron chi connectivity index (χ0n) is 12.0. The monoisotopic (exact) mass is 298 g/mol. The largest absolute Gasteiger partial charge is 0.298 e. The van der Waals surface area contributed by atoms with E-state index < -0.39 is 0 Å². The minimum atomic E-state index is -0.127. The van der Waals surface area contributed by atoms with Crippen molar-refractivity contribution in [1.82, 2.24) is 4.98 Å². The minimum absolute atomic E-state index is 0.127. The molecule has 0 aliphatic heterocycles. The van der Waals surface area contributed by atoms with Crippen LogP contribution in [-0.2, 0) is 17.6 Å². The van der Waals surface area contributed by atoms with Gasteiger partial charge < -0.3 is 0 Å². The number of fused-ring (bicyclic) bond motifs is 1. The molecule has 3 nitrogen and oxygen atoms in total. The third-order valence-corrected chi connectivity index (χ3v) is 4.68. The van der Waals surface area contributed by atoms with E-state index in [1.54, 1.807) is 17.4 Å². The summed E-state index contributed by atoms with van der Waals surface area (Å²) in [5, 5.41) is 3.59. The molecule has 1 aromatic heterocycles. The van der Waals surface area contributed by atoms with Crippen molar-refractivity contribution in [2.45, 2.75) is 26.2 Å². The van der Waals surface area contributed by atoms with Gasteiger partial charge >= 0.3 is 0 Å². The molecule has 1 aromatic carbocycles. The SMILES string of the molecule is C[C@H]1CCc2nc(NC(=O)C=Cc3ccccc3)sc2C1. The van der Waals surface area contributed by atoms with Crippen LogP contribution in [0.4, 0.5) is 5.13 Å². The molecule has 0 spiro atoms. The number of benzene rings is 1. The molecule has 0 saturated heterocycles. The molecule has 21 heavy (non-hydrogen) atoms. The zero-order chi connectivity index (χ0) is 14.7. The summed E-state index contributed by atoms with van der Waals surface area (Å²) in [6.45, 7) is 2.27. The number of amides is 1. The van der Waals surface area contributed by atoms with E-state index in [4.69, 9.17) is 0 Å². The number of carbonyl (C=O) groups is 1. The molecular weight excluding hydrogens is 280 g/mol. The standard InChI is InChI=1S/C17H18N2OS/c1-12-7-9-14-15(11-12)21-17(18-14)19-16(20)10-8-13-5-3-2-4-6-13/h2-6,8,10,12H,7,9,11H2,1H3,(H,18,19,20)/t12-/m0/s1. The van der Waals surface area contributed by atoms with Gasteiger partial charge in [0.25, 0.3) is 0 Å². The normalized spacial score (nSPS) is 17.7. The molecule has 0 fully saturated rings. The summed E-state index contributed by atoms with van der Waals surface area (Å²) in [4.78, 5) is 17.8. The summed E-state index contributed by atoms with van der Waals surface area (Å²) >= 11 is 1.61. The van der Waals surface area contributed by atoms with Gasteiger partial charge in [-0.25, -0.2) is 4.98 Å². The zero-order valence-corrected chi connectivity index (χ0v) is 12.8. The topological polar surface area (TPSA) is 42.0 Å². The number of carbonyl (C=O) groups excluding carboxylic acids is 1. The molecular formula is C17H18N2OS. The van der Waals surface area contributed by atoms with Gasteiger partial charge in [-0.05, 0) is 36.8 Å². The highest BCUT2D eigenvalue weighted by atomic mass is 32.1. The Kier molecular flexibility index (Phi) is 4.15. The van der Waals surface area contributed by atoms with Crippen LogP contribution in [0.1, 0.15) is 29.5 Å². The number of hydrogen-bond acceptors (Lipinski definition) is 3. The maximum absolute atomic E-state index is 11.9. The molecule has 0 radical (unpaired) electrons. The first-order valence-electron chi connectivity index (χ1n) is 7.23. The van der Waals surface area contributed by atoms with Gasteiger partial charge in [-0.1, -0.05) is 37.3 Å². The summed E-state index contributed by atoms with van der Waals surface area (Å²) < 4.78 is 0. The molecule has 1 aliphatic rings. The Morgan fingerprint density at radius 2 is 2.19 bits per heavy atom. The minimum Gasteiger partial charge on any atom is -0.298 e. The Labute approximate surface area is 128 Å². The average Bonchev–Trinajstić information content (AvgIpc) is 2.87. The highest BCUT2D eigenvalue weighted by Crippen LogP contribution is 2.32. The molecule has 1 heterocycles. The van der Waals surface area contributed by atoms with Crippen molar-refractivity contribution in [3.05, 3.63) is 52.5 Å². The van der Waals surface area contributed by atoms with Crippen molar-refractivity contribution in [2.24, 2.45) is 5.92 Å². The van der Waals surface area contributed by atoms with E-state index in [2.05, 4.69) is 17.2 Å². The van der Waals surface area contributed by atoms with Gasteiger partial charge in [0.1, 0.15) is 0 Å². The van der Waals surface area contributed by atoms with Crippen molar-refractivity contribution in [3.8, 4) is 0 Å². The molecule has 0 saturated carbocycles. The molecule has 4 heteroatoms. The average molecular weight is 298 g/mol. The van der Waals surface area contributed by atoms with Crippen LogP contribution in [0.2, 0.25) is 0 Å². The molecule has 108 valence electrons. The number of aryl methyl sites for hydroxylation is 1. The third kappa shape index (κ3) is 3.58. The number of nitrogens with zero attached hydrogens (tertiary/aromatic N) is 1. The highest BCUT2D eigenvalue weighted by molar-refractivity contribution is 7.15. The number of hydrogen-bond donors (Lipinski definition) is 1. The van der Waals surface area contributed by atoms with Crippen molar-refractivity contribution in [3.63, 3.8) is 0 Å². The Morgan fingerprint density at radius 1 is 1.38 bits per heavy atom. The maximum Gasteiger partial charge on any atom is 0.250 e. The van der Waals surface area contributed by atoms with E-state index in [1.165, 1.54) is 17.0 Å². The van der Waals surface area contributed by atoms with Crippen molar-refractivity contribution < 1.29 is 4.79 Å². The van der Waals surface area contributed by atoms with E-state index in [1.807, 2.05) is 36.4 Å². The molecule has 1 N–H and O–H groups in total. The first-order chi connectivity index (χ1) is 10.2. The van der Waals surface area contributed by atoms with Crippen molar-refractivity contribution in [2.75, 3.05) is 5.32 Å². The van der Waals surface area contributed by atoms with Crippen LogP contribution < -0.4 is 5.32 Å². The predicted molar refractivity (Wildman–Crippen MR) is 87.4 cm³/mol. The van der Waals surface area contributed by atoms with Crippen LogP contribution in [0.15, 0.2) is 36.4 Å². The first-order valence-corrected chi connectivity index (χ1v) is 8.05. The van der Waals surface area contributed by atoms with E-state index >= 15 is 0 Å². The summed E-state index contributed by atoms with van der Waals surface area (Å²) in [5.74, 6) is 0.595. The Hall–Kier alpha value is -1.94. The summed E-state index contributed by atoms with van der Waals surface area (Å²) in [5.41, 5.74) is 2.18. The summed E-state index contributed by atoms with van der Waals surface area (Å²) in [6, 6.07) is 9.79. The molecule has 1 atom stereocenters. The molecule has 3 rings (SSSR count). The lowest BCUT2D eigenvalue weighted by Gasteiger charge is -2.15. The Morgan fingerprint density at radius 3 is 3.00 bits per heavy atom. The second kappa shape index (κ2) is 6.22. The van der Waals surface area contributed by atoms with Crippen LogP contribution in [0.5, 0.6) is 0 Å². The maximum atomic E-state index is 11.9. The molecule has 1 amide bonds. The van der Waals surface area contributed by atoms with Crippen LogP contribution >= 0.6 is 11.3 Å². The third-order valence-electron chi connectivity index (χ3n) is 3.64. The van der Waals surface area contributed by atoms with Gasteiger partial charge in [0, 0.05) is 11.0 Å². The van der Waals surface area contributed by atoms with Gasteiger partial charge in [0.15, 0.2) is 5.13 Å². The van der Waals surface area contributed by atoms with Gasteiger partial charge in [0.05, 0.1) is 5.69 Å². The Balaban J connectivity index is 1.64. The smallest absolute Gasteiger partial charge is 0.250 e. The quantitative estimate of drug-likeness (QED) is 0.873.